The van der Waals surface area contributed by atoms with Gasteiger partial charge in [-0.05, 0) is 18.5 Å². The maximum Gasteiger partial charge on any atom is 0.218 e. The van der Waals surface area contributed by atoms with Gasteiger partial charge in [0.15, 0.2) is 0 Å². The first-order valence-electron chi connectivity index (χ1n) is 5.61. The van der Waals surface area contributed by atoms with Gasteiger partial charge in [-0.1, -0.05) is 20.8 Å². The Bertz CT molecular complexity index is 329. The van der Waals surface area contributed by atoms with Crippen molar-refractivity contribution in [1.82, 2.24) is 10.3 Å². The second kappa shape index (κ2) is 6.43. The number of pyridine rings is 1. The Morgan fingerprint density at radius 3 is 2.88 bits per heavy atom. The van der Waals surface area contributed by atoms with Crippen LogP contribution in [0.3, 0.4) is 0 Å². The van der Waals surface area contributed by atoms with Gasteiger partial charge in [-0.25, -0.2) is 9.37 Å². The van der Waals surface area contributed by atoms with Gasteiger partial charge in [0.2, 0.25) is 5.88 Å². The molecule has 0 radical (unpaired) electrons. The molecule has 1 N–H and O–H groups in total. The lowest BCUT2D eigenvalue weighted by molar-refractivity contribution is 0.257. The fraction of sp³-hybridized carbons (Fsp3) is 0.583. The molecule has 0 aromatic carbocycles. The topological polar surface area (TPSA) is 34.2 Å². The van der Waals surface area contributed by atoms with Crippen molar-refractivity contribution in [2.45, 2.75) is 27.3 Å². The molecule has 4 heteroatoms. The van der Waals surface area contributed by atoms with E-state index in [1.807, 2.05) is 6.92 Å². The number of nitrogens with zero attached hydrogens (tertiary/aromatic N) is 1. The number of aromatic nitrogens is 1. The van der Waals surface area contributed by atoms with Gasteiger partial charge in [0.1, 0.15) is 5.82 Å². The molecule has 0 aliphatic rings. The van der Waals surface area contributed by atoms with Crippen molar-refractivity contribution in [2.75, 3.05) is 13.2 Å². The summed E-state index contributed by atoms with van der Waals surface area (Å²) >= 11 is 0. The lowest BCUT2D eigenvalue weighted by Gasteiger charge is -2.12. The molecule has 0 fully saturated rings. The van der Waals surface area contributed by atoms with Gasteiger partial charge in [-0.15, -0.1) is 0 Å². The molecular weight excluding hydrogens is 207 g/mol. The number of ether oxygens (including phenoxy) is 1. The molecule has 0 saturated carbocycles. The Hall–Kier alpha value is -1.16. The van der Waals surface area contributed by atoms with Crippen molar-refractivity contribution >= 4 is 0 Å². The van der Waals surface area contributed by atoms with Crippen LogP contribution in [0.2, 0.25) is 0 Å². The summed E-state index contributed by atoms with van der Waals surface area (Å²) in [6.45, 7) is 8.13. The number of rotatable bonds is 6. The molecule has 1 heterocycles. The Labute approximate surface area is 96.0 Å². The first-order chi connectivity index (χ1) is 7.63. The zero-order valence-electron chi connectivity index (χ0n) is 10.1. The van der Waals surface area contributed by atoms with E-state index in [0.29, 0.717) is 24.9 Å². The van der Waals surface area contributed by atoms with Crippen LogP contribution in [0, 0.1) is 11.7 Å². The monoisotopic (exact) mass is 226 g/mol. The van der Waals surface area contributed by atoms with Crippen molar-refractivity contribution in [3.8, 4) is 5.88 Å². The minimum Gasteiger partial charge on any atom is -0.477 e. The van der Waals surface area contributed by atoms with Crippen LogP contribution < -0.4 is 10.1 Å². The second-order valence-electron chi connectivity index (χ2n) is 4.10. The van der Waals surface area contributed by atoms with Gasteiger partial charge < -0.3 is 10.1 Å². The van der Waals surface area contributed by atoms with Crippen molar-refractivity contribution in [3.05, 3.63) is 23.6 Å². The van der Waals surface area contributed by atoms with Gasteiger partial charge in [0.25, 0.3) is 0 Å². The predicted molar refractivity (Wildman–Crippen MR) is 61.9 cm³/mol. The molecule has 1 rings (SSSR count). The van der Waals surface area contributed by atoms with Crippen LogP contribution in [0.15, 0.2) is 12.3 Å². The second-order valence-corrected chi connectivity index (χ2v) is 4.10. The molecule has 1 aromatic rings. The number of hydrogen-bond donors (Lipinski definition) is 1. The van der Waals surface area contributed by atoms with Crippen molar-refractivity contribution < 1.29 is 9.13 Å². The van der Waals surface area contributed by atoms with E-state index in [4.69, 9.17) is 4.74 Å². The zero-order valence-corrected chi connectivity index (χ0v) is 10.1. The van der Waals surface area contributed by atoms with Crippen LogP contribution in [0.5, 0.6) is 5.88 Å². The summed E-state index contributed by atoms with van der Waals surface area (Å²) in [4.78, 5) is 3.97. The minimum absolute atomic E-state index is 0.329. The first kappa shape index (κ1) is 12.9. The fourth-order valence-corrected chi connectivity index (χ4v) is 1.23. The smallest absolute Gasteiger partial charge is 0.218 e. The Morgan fingerprint density at radius 1 is 1.50 bits per heavy atom. The SMILES string of the molecule is CCNCc1cc(F)cnc1OCC(C)C. The van der Waals surface area contributed by atoms with Crippen molar-refractivity contribution in [2.24, 2.45) is 5.92 Å². The zero-order chi connectivity index (χ0) is 12.0. The third-order valence-corrected chi connectivity index (χ3v) is 2.01. The molecule has 16 heavy (non-hydrogen) atoms. The summed E-state index contributed by atoms with van der Waals surface area (Å²) in [5.74, 6) is 0.625. The van der Waals surface area contributed by atoms with Crippen LogP contribution in [-0.4, -0.2) is 18.1 Å². The van der Waals surface area contributed by atoms with Gasteiger partial charge in [-0.3, -0.25) is 0 Å². The maximum atomic E-state index is 13.0. The molecule has 0 aliphatic carbocycles. The maximum absolute atomic E-state index is 13.0. The third-order valence-electron chi connectivity index (χ3n) is 2.01. The average molecular weight is 226 g/mol. The van der Waals surface area contributed by atoms with Crippen LogP contribution in [0.1, 0.15) is 26.3 Å². The molecular formula is C12H19FN2O. The normalized spacial score (nSPS) is 10.8. The Kier molecular flexibility index (Phi) is 5.19. The largest absolute Gasteiger partial charge is 0.477 e. The highest BCUT2D eigenvalue weighted by molar-refractivity contribution is 5.26. The van der Waals surface area contributed by atoms with Crippen LogP contribution >= 0.6 is 0 Å². The minimum atomic E-state index is -0.329. The molecule has 0 unspecified atom stereocenters. The average Bonchev–Trinajstić information content (AvgIpc) is 2.24. The van der Waals surface area contributed by atoms with E-state index < -0.39 is 0 Å². The highest BCUT2D eigenvalue weighted by atomic mass is 19.1. The summed E-state index contributed by atoms with van der Waals surface area (Å²) < 4.78 is 18.6. The summed E-state index contributed by atoms with van der Waals surface area (Å²) in [5.41, 5.74) is 0.766. The van der Waals surface area contributed by atoms with Crippen molar-refractivity contribution in [3.63, 3.8) is 0 Å². The lowest BCUT2D eigenvalue weighted by Crippen LogP contribution is -2.15. The van der Waals surface area contributed by atoms with Crippen LogP contribution in [-0.2, 0) is 6.54 Å². The highest BCUT2D eigenvalue weighted by Gasteiger charge is 2.07. The molecule has 1 aromatic heterocycles. The van der Waals surface area contributed by atoms with E-state index in [0.717, 1.165) is 12.1 Å². The Morgan fingerprint density at radius 2 is 2.25 bits per heavy atom. The summed E-state index contributed by atoms with van der Waals surface area (Å²) in [7, 11) is 0. The lowest BCUT2D eigenvalue weighted by atomic mass is 10.2. The molecule has 0 aliphatic heterocycles. The van der Waals surface area contributed by atoms with E-state index in [9.17, 15) is 4.39 Å². The van der Waals surface area contributed by atoms with Gasteiger partial charge in [-0.2, -0.15) is 0 Å². The van der Waals surface area contributed by atoms with Crippen molar-refractivity contribution in [1.29, 1.82) is 0 Å². The summed E-state index contributed by atoms with van der Waals surface area (Å²) in [5, 5.41) is 3.13. The molecule has 3 nitrogen and oxygen atoms in total. The molecule has 0 amide bonds. The number of halogens is 1. The van der Waals surface area contributed by atoms with Gasteiger partial charge in [0.05, 0.1) is 12.8 Å². The third kappa shape index (κ3) is 4.14. The van der Waals surface area contributed by atoms with E-state index in [1.165, 1.54) is 12.3 Å². The number of nitrogens with one attached hydrogen (secondary N) is 1. The number of hydrogen-bond acceptors (Lipinski definition) is 3. The molecule has 0 bridgehead atoms. The molecule has 90 valence electrons. The molecule has 0 spiro atoms. The summed E-state index contributed by atoms with van der Waals surface area (Å²) in [6.07, 6.45) is 1.19. The van der Waals surface area contributed by atoms with E-state index in [-0.39, 0.29) is 5.82 Å². The van der Waals surface area contributed by atoms with E-state index in [1.54, 1.807) is 0 Å². The molecule has 0 atom stereocenters. The fourth-order valence-electron chi connectivity index (χ4n) is 1.23. The summed E-state index contributed by atoms with van der Waals surface area (Å²) in [6, 6.07) is 1.46. The van der Waals surface area contributed by atoms with Crippen LogP contribution in [0.25, 0.3) is 0 Å². The molecule has 0 saturated heterocycles. The quantitative estimate of drug-likeness (QED) is 0.808. The first-order valence-corrected chi connectivity index (χ1v) is 5.61. The highest BCUT2D eigenvalue weighted by Crippen LogP contribution is 2.16. The van der Waals surface area contributed by atoms with E-state index >= 15 is 0 Å². The predicted octanol–water partition coefficient (Wildman–Crippen LogP) is 2.37. The standard InChI is InChI=1S/C12H19FN2O/c1-4-14-6-10-5-11(13)7-15-12(10)16-8-9(2)3/h5,7,9,14H,4,6,8H2,1-3H3. The van der Waals surface area contributed by atoms with Gasteiger partial charge in [0, 0.05) is 12.1 Å². The Balaban J connectivity index is 2.72. The van der Waals surface area contributed by atoms with Crippen LogP contribution in [0.4, 0.5) is 4.39 Å². The van der Waals surface area contributed by atoms with E-state index in [2.05, 4.69) is 24.1 Å². The van der Waals surface area contributed by atoms with Gasteiger partial charge >= 0.3 is 0 Å².